The highest BCUT2D eigenvalue weighted by molar-refractivity contribution is 5.93. The van der Waals surface area contributed by atoms with Gasteiger partial charge < -0.3 is 20.6 Å². The summed E-state index contributed by atoms with van der Waals surface area (Å²) < 4.78 is 6.96. The molecular weight excluding hydrogens is 246 g/mol. The number of amides is 1. The van der Waals surface area contributed by atoms with E-state index in [1.54, 1.807) is 23.9 Å². The van der Waals surface area contributed by atoms with Crippen LogP contribution in [0.25, 0.3) is 11.6 Å². The van der Waals surface area contributed by atoms with Crippen LogP contribution in [-0.2, 0) is 12.6 Å². The number of carbonyl (C=O) groups is 1. The predicted octanol–water partition coefficient (Wildman–Crippen LogP) is 0.512. The summed E-state index contributed by atoms with van der Waals surface area (Å²) in [7, 11) is 1.78. The second kappa shape index (κ2) is 3.92. The second-order valence-corrected chi connectivity index (χ2v) is 5.02. The van der Waals surface area contributed by atoms with E-state index in [1.165, 1.54) is 0 Å². The van der Waals surface area contributed by atoms with E-state index < -0.39 is 11.4 Å². The van der Waals surface area contributed by atoms with Crippen LogP contribution in [0.15, 0.2) is 16.8 Å². The van der Waals surface area contributed by atoms with E-state index in [0.29, 0.717) is 23.0 Å². The van der Waals surface area contributed by atoms with E-state index in [-0.39, 0.29) is 0 Å². The van der Waals surface area contributed by atoms with Crippen LogP contribution in [0.2, 0.25) is 0 Å². The summed E-state index contributed by atoms with van der Waals surface area (Å²) in [4.78, 5) is 15.5. The SMILES string of the molecule is Cn1cc(C(N)=O)cc1-c1nc(C2(N)CCC2)no1. The lowest BCUT2D eigenvalue weighted by molar-refractivity contribution is 0.100. The summed E-state index contributed by atoms with van der Waals surface area (Å²) in [5.41, 5.74) is 12.0. The van der Waals surface area contributed by atoms with Gasteiger partial charge in [0.25, 0.3) is 5.89 Å². The Hall–Kier alpha value is -2.15. The molecule has 0 aliphatic heterocycles. The third kappa shape index (κ3) is 1.82. The normalized spacial score (nSPS) is 17.2. The molecule has 4 N–H and O–H groups in total. The number of hydrogen-bond acceptors (Lipinski definition) is 5. The van der Waals surface area contributed by atoms with Crippen molar-refractivity contribution in [1.29, 1.82) is 0 Å². The van der Waals surface area contributed by atoms with Gasteiger partial charge in [0.2, 0.25) is 5.91 Å². The minimum Gasteiger partial charge on any atom is -0.366 e. The molecule has 0 aromatic carbocycles. The molecule has 2 heterocycles. The summed E-state index contributed by atoms with van der Waals surface area (Å²) in [6.07, 6.45) is 4.44. The zero-order valence-corrected chi connectivity index (χ0v) is 10.6. The fraction of sp³-hybridized carbons (Fsp3) is 0.417. The highest BCUT2D eigenvalue weighted by Gasteiger charge is 2.39. The predicted molar refractivity (Wildman–Crippen MR) is 66.9 cm³/mol. The summed E-state index contributed by atoms with van der Waals surface area (Å²) in [6.45, 7) is 0. The van der Waals surface area contributed by atoms with Gasteiger partial charge in [-0.2, -0.15) is 4.98 Å². The molecule has 3 rings (SSSR count). The quantitative estimate of drug-likeness (QED) is 0.835. The molecule has 0 unspecified atom stereocenters. The number of primary amides is 1. The number of aromatic nitrogens is 3. The van der Waals surface area contributed by atoms with Gasteiger partial charge in [0.15, 0.2) is 5.82 Å². The maximum atomic E-state index is 11.1. The molecule has 7 heteroatoms. The van der Waals surface area contributed by atoms with Crippen LogP contribution in [0, 0.1) is 0 Å². The van der Waals surface area contributed by atoms with E-state index in [2.05, 4.69) is 10.1 Å². The molecule has 2 aromatic rings. The van der Waals surface area contributed by atoms with Crippen molar-refractivity contribution in [1.82, 2.24) is 14.7 Å². The van der Waals surface area contributed by atoms with Gasteiger partial charge in [-0.25, -0.2) is 0 Å². The number of rotatable bonds is 3. The molecule has 1 amide bonds. The zero-order valence-electron chi connectivity index (χ0n) is 10.6. The Morgan fingerprint density at radius 2 is 2.26 bits per heavy atom. The number of carbonyl (C=O) groups excluding carboxylic acids is 1. The summed E-state index contributed by atoms with van der Waals surface area (Å²) in [6, 6.07) is 1.63. The first kappa shape index (κ1) is 11.9. The molecule has 1 fully saturated rings. The smallest absolute Gasteiger partial charge is 0.274 e. The van der Waals surface area contributed by atoms with Crippen molar-refractivity contribution in [3.63, 3.8) is 0 Å². The van der Waals surface area contributed by atoms with Crippen LogP contribution in [0.5, 0.6) is 0 Å². The van der Waals surface area contributed by atoms with Gasteiger partial charge in [0, 0.05) is 13.2 Å². The van der Waals surface area contributed by atoms with Crippen LogP contribution in [0.4, 0.5) is 0 Å². The average Bonchev–Trinajstić information content (AvgIpc) is 2.92. The van der Waals surface area contributed by atoms with E-state index in [1.807, 2.05) is 0 Å². The molecule has 1 aliphatic rings. The van der Waals surface area contributed by atoms with Gasteiger partial charge in [-0.15, -0.1) is 0 Å². The van der Waals surface area contributed by atoms with Gasteiger partial charge in [-0.3, -0.25) is 4.79 Å². The monoisotopic (exact) mass is 261 g/mol. The van der Waals surface area contributed by atoms with Crippen molar-refractivity contribution < 1.29 is 9.32 Å². The molecular formula is C12H15N5O2. The lowest BCUT2D eigenvalue weighted by atomic mass is 9.77. The Labute approximate surface area is 109 Å². The number of hydrogen-bond donors (Lipinski definition) is 2. The van der Waals surface area contributed by atoms with Crippen LogP contribution < -0.4 is 11.5 Å². The molecule has 100 valence electrons. The Bertz CT molecular complexity index is 638. The molecule has 0 atom stereocenters. The van der Waals surface area contributed by atoms with Gasteiger partial charge in [-0.05, 0) is 25.3 Å². The number of nitrogens with zero attached hydrogens (tertiary/aromatic N) is 3. The van der Waals surface area contributed by atoms with E-state index in [0.717, 1.165) is 19.3 Å². The van der Waals surface area contributed by atoms with E-state index in [4.69, 9.17) is 16.0 Å². The highest BCUT2D eigenvalue weighted by Crippen LogP contribution is 2.37. The average molecular weight is 261 g/mol. The zero-order chi connectivity index (χ0) is 13.6. The lowest BCUT2D eigenvalue weighted by Gasteiger charge is -2.34. The Morgan fingerprint density at radius 3 is 2.79 bits per heavy atom. The van der Waals surface area contributed by atoms with Crippen molar-refractivity contribution in [3.05, 3.63) is 23.7 Å². The summed E-state index contributed by atoms with van der Waals surface area (Å²) >= 11 is 0. The van der Waals surface area contributed by atoms with Crippen LogP contribution in [0.3, 0.4) is 0 Å². The van der Waals surface area contributed by atoms with E-state index >= 15 is 0 Å². The molecule has 0 radical (unpaired) electrons. The van der Waals surface area contributed by atoms with Crippen molar-refractivity contribution in [3.8, 4) is 11.6 Å². The van der Waals surface area contributed by atoms with Crippen LogP contribution in [-0.4, -0.2) is 20.6 Å². The van der Waals surface area contributed by atoms with Gasteiger partial charge in [0.05, 0.1) is 11.1 Å². The number of aryl methyl sites for hydroxylation is 1. The first-order chi connectivity index (χ1) is 8.99. The number of nitrogens with two attached hydrogens (primary N) is 2. The van der Waals surface area contributed by atoms with Crippen LogP contribution >= 0.6 is 0 Å². The molecule has 19 heavy (non-hydrogen) atoms. The molecule has 1 aliphatic carbocycles. The fourth-order valence-electron chi connectivity index (χ4n) is 2.22. The fourth-order valence-corrected chi connectivity index (χ4v) is 2.22. The van der Waals surface area contributed by atoms with Gasteiger partial charge in [-0.1, -0.05) is 5.16 Å². The van der Waals surface area contributed by atoms with Crippen molar-refractivity contribution in [2.45, 2.75) is 24.8 Å². The Kier molecular flexibility index (Phi) is 2.46. The third-order valence-corrected chi connectivity index (χ3v) is 3.63. The molecule has 7 nitrogen and oxygen atoms in total. The Balaban J connectivity index is 1.96. The first-order valence-electron chi connectivity index (χ1n) is 6.09. The lowest BCUT2D eigenvalue weighted by Crippen LogP contribution is -2.44. The maximum Gasteiger partial charge on any atom is 0.274 e. The molecule has 2 aromatic heterocycles. The Morgan fingerprint density at radius 1 is 1.53 bits per heavy atom. The molecule has 1 saturated carbocycles. The summed E-state index contributed by atoms with van der Waals surface area (Å²) in [5, 5.41) is 3.94. The first-order valence-corrected chi connectivity index (χ1v) is 6.09. The summed E-state index contributed by atoms with van der Waals surface area (Å²) in [5.74, 6) is 0.383. The topological polar surface area (TPSA) is 113 Å². The minimum absolute atomic E-state index is 0.349. The molecule has 0 spiro atoms. The van der Waals surface area contributed by atoms with E-state index in [9.17, 15) is 4.79 Å². The van der Waals surface area contributed by atoms with Crippen molar-refractivity contribution in [2.24, 2.45) is 18.5 Å². The minimum atomic E-state index is -0.490. The highest BCUT2D eigenvalue weighted by atomic mass is 16.5. The largest absolute Gasteiger partial charge is 0.366 e. The third-order valence-electron chi connectivity index (χ3n) is 3.63. The maximum absolute atomic E-state index is 11.1. The second-order valence-electron chi connectivity index (χ2n) is 5.02. The standard InChI is InChI=1S/C12H15N5O2/c1-17-6-7(9(13)18)5-8(17)10-15-11(16-19-10)12(14)3-2-4-12/h5-6H,2-4,14H2,1H3,(H2,13,18). The van der Waals surface area contributed by atoms with Gasteiger partial charge in [0.1, 0.15) is 5.69 Å². The van der Waals surface area contributed by atoms with Gasteiger partial charge >= 0.3 is 0 Å². The van der Waals surface area contributed by atoms with Crippen molar-refractivity contribution in [2.75, 3.05) is 0 Å². The van der Waals surface area contributed by atoms with Crippen LogP contribution in [0.1, 0.15) is 35.4 Å². The molecule has 0 bridgehead atoms. The van der Waals surface area contributed by atoms with Crippen molar-refractivity contribution >= 4 is 5.91 Å². The molecule has 0 saturated heterocycles.